The van der Waals surface area contributed by atoms with Gasteiger partial charge in [-0.1, -0.05) is 6.92 Å². The van der Waals surface area contributed by atoms with Gasteiger partial charge in [0.05, 0.1) is 18.0 Å². The van der Waals surface area contributed by atoms with E-state index in [1.54, 1.807) is 20.8 Å². The second-order valence-electron chi connectivity index (χ2n) is 3.97. The molecule has 0 saturated heterocycles. The van der Waals surface area contributed by atoms with Gasteiger partial charge >= 0.3 is 11.9 Å². The molecule has 1 rings (SSSR count). The largest absolute Gasteiger partial charge is 0.478 e. The van der Waals surface area contributed by atoms with Crippen LogP contribution in [-0.2, 0) is 9.53 Å². The molecule has 0 spiro atoms. The Kier molecular flexibility index (Phi) is 4.47. The molecular weight excluding hydrogens is 236 g/mol. The smallest absolute Gasteiger partial charge is 0.339 e. The summed E-state index contributed by atoms with van der Waals surface area (Å²) in [4.78, 5) is 22.9. The van der Waals surface area contributed by atoms with Crippen molar-refractivity contribution in [2.24, 2.45) is 0 Å². The summed E-state index contributed by atoms with van der Waals surface area (Å²) in [5.41, 5.74) is 1.03. The van der Waals surface area contributed by atoms with E-state index in [2.05, 4.69) is 5.10 Å². The molecule has 1 aromatic rings. The number of nitrogens with zero attached hydrogens (tertiary/aromatic N) is 2. The van der Waals surface area contributed by atoms with Crippen LogP contribution in [0, 0.1) is 13.8 Å². The normalized spacial score (nSPS) is 12.2. The average Bonchev–Trinajstić information content (AvgIpc) is 2.56. The van der Waals surface area contributed by atoms with Crippen LogP contribution < -0.4 is 0 Å². The van der Waals surface area contributed by atoms with Gasteiger partial charge in [0.25, 0.3) is 0 Å². The molecule has 6 heteroatoms. The standard InChI is InChI=1S/C12H18N2O4/c1-5-9(12(17)18-6-2)14-8(4)10(11(15)16)7(3)13-14/h9H,5-6H2,1-4H3,(H,15,16). The number of carboxylic acid groups (broad SMARTS) is 1. The summed E-state index contributed by atoms with van der Waals surface area (Å²) in [7, 11) is 0. The molecule has 1 N–H and O–H groups in total. The molecule has 1 unspecified atom stereocenters. The van der Waals surface area contributed by atoms with Crippen molar-refractivity contribution in [1.82, 2.24) is 9.78 Å². The summed E-state index contributed by atoms with van der Waals surface area (Å²) in [5.74, 6) is -1.42. The first kappa shape index (κ1) is 14.2. The molecule has 0 aliphatic rings. The number of carbonyl (C=O) groups excluding carboxylic acids is 1. The summed E-state index contributed by atoms with van der Waals surface area (Å²) >= 11 is 0. The van der Waals surface area contributed by atoms with Crippen molar-refractivity contribution in [2.45, 2.75) is 40.2 Å². The highest BCUT2D eigenvalue weighted by molar-refractivity contribution is 5.90. The zero-order valence-electron chi connectivity index (χ0n) is 11.1. The van der Waals surface area contributed by atoms with Gasteiger partial charge in [0, 0.05) is 0 Å². The highest BCUT2D eigenvalue weighted by atomic mass is 16.5. The van der Waals surface area contributed by atoms with Crippen LogP contribution in [0.2, 0.25) is 0 Å². The Morgan fingerprint density at radius 3 is 2.39 bits per heavy atom. The van der Waals surface area contributed by atoms with Gasteiger partial charge in [-0.05, 0) is 27.2 Å². The van der Waals surface area contributed by atoms with Crippen LogP contribution in [0.25, 0.3) is 0 Å². The van der Waals surface area contributed by atoms with Gasteiger partial charge in [-0.3, -0.25) is 4.68 Å². The molecule has 0 aromatic carbocycles. The number of hydrogen-bond acceptors (Lipinski definition) is 4. The summed E-state index contributed by atoms with van der Waals surface area (Å²) in [6.45, 7) is 7.11. The second kappa shape index (κ2) is 5.66. The predicted octanol–water partition coefficient (Wildman–Crippen LogP) is 1.71. The second-order valence-corrected chi connectivity index (χ2v) is 3.97. The molecule has 0 saturated carbocycles. The van der Waals surface area contributed by atoms with Crippen molar-refractivity contribution in [2.75, 3.05) is 6.61 Å². The summed E-state index contributed by atoms with van der Waals surface area (Å²) in [6, 6.07) is -0.572. The van der Waals surface area contributed by atoms with E-state index in [9.17, 15) is 9.59 Å². The number of hydrogen-bond donors (Lipinski definition) is 1. The molecule has 1 aromatic heterocycles. The maximum Gasteiger partial charge on any atom is 0.339 e. The number of carbonyl (C=O) groups is 2. The molecule has 0 aliphatic carbocycles. The van der Waals surface area contributed by atoms with Gasteiger partial charge in [0.15, 0.2) is 0 Å². The highest BCUT2D eigenvalue weighted by Crippen LogP contribution is 2.20. The van der Waals surface area contributed by atoms with Crippen LogP contribution in [0.15, 0.2) is 0 Å². The third-order valence-electron chi connectivity index (χ3n) is 2.78. The Hall–Kier alpha value is -1.85. The minimum atomic E-state index is -1.03. The van der Waals surface area contributed by atoms with E-state index < -0.39 is 12.0 Å². The fourth-order valence-electron chi connectivity index (χ4n) is 1.95. The van der Waals surface area contributed by atoms with Gasteiger partial charge in [0.1, 0.15) is 11.6 Å². The molecule has 0 fully saturated rings. The van der Waals surface area contributed by atoms with E-state index in [0.717, 1.165) is 0 Å². The first-order valence-corrected chi connectivity index (χ1v) is 5.89. The molecule has 0 bridgehead atoms. The van der Waals surface area contributed by atoms with Crippen LogP contribution in [-0.4, -0.2) is 33.4 Å². The van der Waals surface area contributed by atoms with Gasteiger partial charge in [-0.15, -0.1) is 0 Å². The van der Waals surface area contributed by atoms with Gasteiger partial charge in [0.2, 0.25) is 0 Å². The number of aryl methyl sites for hydroxylation is 1. The van der Waals surface area contributed by atoms with Gasteiger partial charge in [-0.25, -0.2) is 9.59 Å². The zero-order chi connectivity index (χ0) is 13.9. The molecular formula is C12H18N2O4. The Morgan fingerprint density at radius 1 is 1.39 bits per heavy atom. The van der Waals surface area contributed by atoms with E-state index in [0.29, 0.717) is 24.4 Å². The molecule has 1 heterocycles. The summed E-state index contributed by atoms with van der Waals surface area (Å²) in [6.07, 6.45) is 0.500. The number of rotatable bonds is 5. The Balaban J connectivity index is 3.19. The number of esters is 1. The monoisotopic (exact) mass is 254 g/mol. The van der Waals surface area contributed by atoms with Crippen molar-refractivity contribution < 1.29 is 19.4 Å². The Labute approximate surface area is 106 Å². The molecule has 18 heavy (non-hydrogen) atoms. The highest BCUT2D eigenvalue weighted by Gasteiger charge is 2.26. The van der Waals surface area contributed by atoms with E-state index in [-0.39, 0.29) is 11.5 Å². The van der Waals surface area contributed by atoms with Crippen molar-refractivity contribution in [3.05, 3.63) is 17.0 Å². The third kappa shape index (κ3) is 2.52. The van der Waals surface area contributed by atoms with E-state index in [1.807, 2.05) is 6.92 Å². The maximum atomic E-state index is 11.8. The third-order valence-corrected chi connectivity index (χ3v) is 2.78. The maximum absolute atomic E-state index is 11.8. The lowest BCUT2D eigenvalue weighted by atomic mass is 10.2. The lowest BCUT2D eigenvalue weighted by Gasteiger charge is -2.15. The summed E-state index contributed by atoms with van der Waals surface area (Å²) in [5, 5.41) is 13.2. The van der Waals surface area contributed by atoms with E-state index in [1.165, 1.54) is 4.68 Å². The first-order valence-electron chi connectivity index (χ1n) is 5.89. The Bertz CT molecular complexity index is 465. The fourth-order valence-corrected chi connectivity index (χ4v) is 1.95. The fraction of sp³-hybridized carbons (Fsp3) is 0.583. The van der Waals surface area contributed by atoms with E-state index in [4.69, 9.17) is 9.84 Å². The van der Waals surface area contributed by atoms with Crippen LogP contribution in [0.1, 0.15) is 48.1 Å². The molecule has 1 atom stereocenters. The minimum Gasteiger partial charge on any atom is -0.478 e. The Morgan fingerprint density at radius 2 is 2.00 bits per heavy atom. The van der Waals surface area contributed by atoms with Crippen LogP contribution in [0.4, 0.5) is 0 Å². The van der Waals surface area contributed by atoms with E-state index >= 15 is 0 Å². The quantitative estimate of drug-likeness (QED) is 0.809. The van der Waals surface area contributed by atoms with Crippen LogP contribution in [0.3, 0.4) is 0 Å². The molecule has 6 nitrogen and oxygen atoms in total. The molecule has 100 valence electrons. The SMILES string of the molecule is CCOC(=O)C(CC)n1nc(C)c(C(=O)O)c1C. The zero-order valence-corrected chi connectivity index (χ0v) is 11.1. The predicted molar refractivity (Wildman–Crippen MR) is 64.6 cm³/mol. The molecule has 0 aliphatic heterocycles. The lowest BCUT2D eigenvalue weighted by molar-refractivity contribution is -0.147. The van der Waals surface area contributed by atoms with Crippen molar-refractivity contribution in [3.8, 4) is 0 Å². The average molecular weight is 254 g/mol. The van der Waals surface area contributed by atoms with Crippen LogP contribution >= 0.6 is 0 Å². The van der Waals surface area contributed by atoms with Crippen molar-refractivity contribution >= 4 is 11.9 Å². The number of aromatic carboxylic acids is 1. The first-order chi connectivity index (χ1) is 8.43. The number of ether oxygens (including phenoxy) is 1. The topological polar surface area (TPSA) is 81.4 Å². The van der Waals surface area contributed by atoms with Crippen LogP contribution in [0.5, 0.6) is 0 Å². The molecule has 0 amide bonds. The van der Waals surface area contributed by atoms with Gasteiger partial charge in [-0.2, -0.15) is 5.10 Å². The number of aromatic nitrogens is 2. The number of carboxylic acids is 1. The molecule has 0 radical (unpaired) electrons. The minimum absolute atomic E-state index is 0.151. The van der Waals surface area contributed by atoms with Crippen molar-refractivity contribution in [3.63, 3.8) is 0 Å². The summed E-state index contributed by atoms with van der Waals surface area (Å²) < 4.78 is 6.41. The van der Waals surface area contributed by atoms with Crippen molar-refractivity contribution in [1.29, 1.82) is 0 Å². The lowest BCUT2D eigenvalue weighted by Crippen LogP contribution is -2.23. The van der Waals surface area contributed by atoms with Gasteiger partial charge < -0.3 is 9.84 Å².